The third kappa shape index (κ3) is 4.54. The number of hydrogen-bond donors (Lipinski definition) is 0. The number of thioether (sulfide) groups is 1. The molecule has 0 aliphatic heterocycles. The van der Waals surface area contributed by atoms with Crippen molar-refractivity contribution in [3.63, 3.8) is 0 Å². The zero-order chi connectivity index (χ0) is 17.6. The van der Waals surface area contributed by atoms with Crippen molar-refractivity contribution in [2.75, 3.05) is 7.11 Å². The van der Waals surface area contributed by atoms with Gasteiger partial charge < -0.3 is 9.47 Å². The molecule has 132 valence electrons. The van der Waals surface area contributed by atoms with Crippen molar-refractivity contribution < 1.29 is 14.3 Å². The molecule has 5 heteroatoms. The molecule has 4 nitrogen and oxygen atoms in total. The van der Waals surface area contributed by atoms with E-state index in [1.165, 1.54) is 31.7 Å². The predicted octanol–water partition coefficient (Wildman–Crippen LogP) is 4.72. The first-order valence-corrected chi connectivity index (χ1v) is 9.52. The zero-order valence-corrected chi connectivity index (χ0v) is 15.4. The van der Waals surface area contributed by atoms with E-state index < -0.39 is 0 Å². The molecule has 1 aromatic carbocycles. The molecule has 1 aliphatic carbocycles. The molecule has 0 amide bonds. The van der Waals surface area contributed by atoms with Crippen molar-refractivity contribution in [3.8, 4) is 17.0 Å². The SMILES string of the molecule is COC(=O)C(C)Sc1ccc(-c2cccnc2OC2CCCC2)cc1. The maximum Gasteiger partial charge on any atom is 0.318 e. The monoisotopic (exact) mass is 357 g/mol. The van der Waals surface area contributed by atoms with Crippen LogP contribution in [0.1, 0.15) is 32.6 Å². The highest BCUT2D eigenvalue weighted by molar-refractivity contribution is 8.00. The van der Waals surface area contributed by atoms with E-state index in [-0.39, 0.29) is 17.3 Å². The second-order valence-electron chi connectivity index (χ2n) is 6.19. The number of methoxy groups -OCH3 is 1. The fourth-order valence-corrected chi connectivity index (χ4v) is 3.89. The molecular formula is C20H23NO3S. The standard InChI is InChI=1S/C20H23NO3S/c1-14(20(22)23-2)25-17-11-9-15(10-12-17)18-8-5-13-21-19(18)24-16-6-3-4-7-16/h5,8-14,16H,3-4,6-7H2,1-2H3. The Hall–Kier alpha value is -2.01. The topological polar surface area (TPSA) is 48.4 Å². The smallest absolute Gasteiger partial charge is 0.318 e. The molecule has 0 bridgehead atoms. The minimum atomic E-state index is -0.226. The van der Waals surface area contributed by atoms with Gasteiger partial charge >= 0.3 is 5.97 Å². The fraction of sp³-hybridized carbons (Fsp3) is 0.400. The molecule has 2 aromatic rings. The molecule has 1 atom stereocenters. The van der Waals surface area contributed by atoms with Gasteiger partial charge in [0.15, 0.2) is 0 Å². The van der Waals surface area contributed by atoms with E-state index in [1.54, 1.807) is 6.20 Å². The molecule has 1 heterocycles. The summed E-state index contributed by atoms with van der Waals surface area (Å²) in [5.74, 6) is 0.492. The summed E-state index contributed by atoms with van der Waals surface area (Å²) >= 11 is 1.49. The van der Waals surface area contributed by atoms with E-state index >= 15 is 0 Å². The maximum atomic E-state index is 11.5. The maximum absolute atomic E-state index is 11.5. The number of hydrogen-bond acceptors (Lipinski definition) is 5. The number of carbonyl (C=O) groups excluding carboxylic acids is 1. The number of rotatable bonds is 6. The second kappa shape index (κ2) is 8.39. The summed E-state index contributed by atoms with van der Waals surface area (Å²) < 4.78 is 10.9. The van der Waals surface area contributed by atoms with Gasteiger partial charge in [-0.1, -0.05) is 12.1 Å². The normalized spacial score (nSPS) is 15.8. The van der Waals surface area contributed by atoms with Gasteiger partial charge in [0.1, 0.15) is 11.4 Å². The van der Waals surface area contributed by atoms with Gasteiger partial charge in [-0.2, -0.15) is 0 Å². The van der Waals surface area contributed by atoms with Gasteiger partial charge in [0.25, 0.3) is 0 Å². The van der Waals surface area contributed by atoms with Crippen molar-refractivity contribution in [2.24, 2.45) is 0 Å². The Morgan fingerprint density at radius 3 is 2.60 bits per heavy atom. The molecule has 1 unspecified atom stereocenters. The number of benzene rings is 1. The van der Waals surface area contributed by atoms with Crippen LogP contribution >= 0.6 is 11.8 Å². The summed E-state index contributed by atoms with van der Waals surface area (Å²) in [5, 5.41) is -0.226. The van der Waals surface area contributed by atoms with Gasteiger partial charge in [0.2, 0.25) is 5.88 Å². The van der Waals surface area contributed by atoms with Crippen LogP contribution in [0.15, 0.2) is 47.5 Å². The number of pyridine rings is 1. The quantitative estimate of drug-likeness (QED) is 0.553. The fourth-order valence-electron chi connectivity index (χ4n) is 3.00. The van der Waals surface area contributed by atoms with E-state index in [2.05, 4.69) is 4.98 Å². The van der Waals surface area contributed by atoms with Crippen molar-refractivity contribution in [2.45, 2.75) is 48.9 Å². The number of ether oxygens (including phenoxy) is 2. The Bertz CT molecular complexity index is 711. The van der Waals surface area contributed by atoms with Gasteiger partial charge in [-0.3, -0.25) is 4.79 Å². The number of carbonyl (C=O) groups is 1. The van der Waals surface area contributed by atoms with Crippen LogP contribution in [-0.2, 0) is 9.53 Å². The number of nitrogens with zero attached hydrogens (tertiary/aromatic N) is 1. The second-order valence-corrected chi connectivity index (χ2v) is 7.60. The van der Waals surface area contributed by atoms with Gasteiger partial charge in [0, 0.05) is 16.7 Å². The lowest BCUT2D eigenvalue weighted by atomic mass is 10.1. The highest BCUT2D eigenvalue weighted by atomic mass is 32.2. The lowest BCUT2D eigenvalue weighted by molar-refractivity contribution is -0.139. The summed E-state index contributed by atoms with van der Waals surface area (Å²) in [5.41, 5.74) is 2.07. The number of esters is 1. The zero-order valence-electron chi connectivity index (χ0n) is 14.6. The van der Waals surface area contributed by atoms with Crippen LogP contribution in [0.5, 0.6) is 5.88 Å². The van der Waals surface area contributed by atoms with E-state index in [4.69, 9.17) is 9.47 Å². The molecule has 3 rings (SSSR count). The first-order valence-electron chi connectivity index (χ1n) is 8.64. The summed E-state index contributed by atoms with van der Waals surface area (Å²) in [6, 6.07) is 12.1. The first kappa shape index (κ1) is 17.8. The van der Waals surface area contributed by atoms with Crippen LogP contribution in [0.25, 0.3) is 11.1 Å². The minimum Gasteiger partial charge on any atom is -0.474 e. The van der Waals surface area contributed by atoms with Crippen molar-refractivity contribution in [1.29, 1.82) is 0 Å². The third-order valence-corrected chi connectivity index (χ3v) is 5.45. The molecule has 0 N–H and O–H groups in total. The van der Waals surface area contributed by atoms with Crippen molar-refractivity contribution >= 4 is 17.7 Å². The van der Waals surface area contributed by atoms with Crippen LogP contribution in [0, 0.1) is 0 Å². The Labute approximate surface area is 152 Å². The first-order chi connectivity index (χ1) is 12.2. The number of aromatic nitrogens is 1. The average molecular weight is 357 g/mol. The van der Waals surface area contributed by atoms with E-state index in [9.17, 15) is 4.79 Å². The molecule has 1 aliphatic rings. The molecule has 1 aromatic heterocycles. The largest absolute Gasteiger partial charge is 0.474 e. The highest BCUT2D eigenvalue weighted by Gasteiger charge is 2.19. The Morgan fingerprint density at radius 1 is 1.20 bits per heavy atom. The van der Waals surface area contributed by atoms with Crippen LogP contribution in [0.3, 0.4) is 0 Å². The molecule has 0 spiro atoms. The Morgan fingerprint density at radius 2 is 1.92 bits per heavy atom. The molecular weight excluding hydrogens is 334 g/mol. The van der Waals surface area contributed by atoms with Gasteiger partial charge in [-0.05, 0) is 62.4 Å². The molecule has 0 saturated heterocycles. The summed E-state index contributed by atoms with van der Waals surface area (Å²) in [7, 11) is 1.41. The van der Waals surface area contributed by atoms with Crippen LogP contribution < -0.4 is 4.74 Å². The molecule has 25 heavy (non-hydrogen) atoms. The van der Waals surface area contributed by atoms with Gasteiger partial charge in [0.05, 0.1) is 7.11 Å². The van der Waals surface area contributed by atoms with Crippen molar-refractivity contribution in [3.05, 3.63) is 42.6 Å². The molecule has 1 fully saturated rings. The Kier molecular flexibility index (Phi) is 5.97. The minimum absolute atomic E-state index is 0.214. The van der Waals surface area contributed by atoms with E-state index in [0.717, 1.165) is 28.9 Å². The molecule has 1 saturated carbocycles. The third-order valence-electron chi connectivity index (χ3n) is 4.36. The van der Waals surface area contributed by atoms with Gasteiger partial charge in [-0.15, -0.1) is 11.8 Å². The van der Waals surface area contributed by atoms with Crippen LogP contribution in [0.2, 0.25) is 0 Å². The van der Waals surface area contributed by atoms with Crippen molar-refractivity contribution in [1.82, 2.24) is 4.98 Å². The average Bonchev–Trinajstić information content (AvgIpc) is 3.15. The summed E-state index contributed by atoms with van der Waals surface area (Å²) in [6.07, 6.45) is 6.74. The summed E-state index contributed by atoms with van der Waals surface area (Å²) in [4.78, 5) is 17.0. The predicted molar refractivity (Wildman–Crippen MR) is 99.9 cm³/mol. The van der Waals surface area contributed by atoms with Gasteiger partial charge in [-0.25, -0.2) is 4.98 Å². The Balaban J connectivity index is 1.74. The van der Waals surface area contributed by atoms with E-state index in [1.807, 2.05) is 43.3 Å². The lowest BCUT2D eigenvalue weighted by Crippen LogP contribution is -2.14. The highest BCUT2D eigenvalue weighted by Crippen LogP contribution is 2.33. The van der Waals surface area contributed by atoms with Crippen LogP contribution in [0.4, 0.5) is 0 Å². The summed E-state index contributed by atoms with van der Waals surface area (Å²) in [6.45, 7) is 1.85. The van der Waals surface area contributed by atoms with E-state index in [0.29, 0.717) is 5.88 Å². The lowest BCUT2D eigenvalue weighted by Gasteiger charge is -2.15. The molecule has 0 radical (unpaired) electrons. The van der Waals surface area contributed by atoms with Crippen LogP contribution in [-0.4, -0.2) is 29.4 Å².